The number of carbonyl (C=O) groups excluding carboxylic acids is 2. The lowest BCUT2D eigenvalue weighted by molar-refractivity contribution is -0.118. The summed E-state index contributed by atoms with van der Waals surface area (Å²) in [6.45, 7) is 9.56. The van der Waals surface area contributed by atoms with E-state index in [4.69, 9.17) is 4.74 Å². The molecule has 1 aliphatic rings. The number of ether oxygens (including phenoxy) is 1. The van der Waals surface area contributed by atoms with Crippen molar-refractivity contribution in [1.29, 1.82) is 0 Å². The molecular formula is C22H32N2O3S. The number of ketones is 1. The SMILES string of the molecule is CC(C)(S)CC(=O)CN=C1CCCCc2cc(NC(=O)OC(C)(C)C)ccc21. The second-order valence-electron chi connectivity index (χ2n) is 9.00. The van der Waals surface area contributed by atoms with Gasteiger partial charge in [-0.15, -0.1) is 0 Å². The van der Waals surface area contributed by atoms with Crippen LogP contribution in [0, 0.1) is 0 Å². The highest BCUT2D eigenvalue weighted by Crippen LogP contribution is 2.25. The highest BCUT2D eigenvalue weighted by Gasteiger charge is 2.20. The van der Waals surface area contributed by atoms with E-state index >= 15 is 0 Å². The van der Waals surface area contributed by atoms with E-state index in [0.717, 1.165) is 42.5 Å². The predicted octanol–water partition coefficient (Wildman–Crippen LogP) is 5.22. The van der Waals surface area contributed by atoms with Crippen molar-refractivity contribution in [1.82, 2.24) is 0 Å². The van der Waals surface area contributed by atoms with E-state index < -0.39 is 11.7 Å². The van der Waals surface area contributed by atoms with Crippen molar-refractivity contribution < 1.29 is 14.3 Å². The van der Waals surface area contributed by atoms with Gasteiger partial charge in [0.1, 0.15) is 5.60 Å². The number of carbonyl (C=O) groups is 2. The first-order valence-electron chi connectivity index (χ1n) is 9.84. The number of benzene rings is 1. The van der Waals surface area contributed by atoms with E-state index in [1.807, 2.05) is 52.8 Å². The van der Waals surface area contributed by atoms with Gasteiger partial charge in [-0.05, 0) is 69.7 Å². The lowest BCUT2D eigenvalue weighted by Gasteiger charge is -2.20. The largest absolute Gasteiger partial charge is 0.444 e. The molecule has 0 saturated carbocycles. The Balaban J connectivity index is 2.14. The normalized spacial score (nSPS) is 16.3. The number of nitrogens with one attached hydrogen (secondary N) is 1. The number of hydrogen-bond donors (Lipinski definition) is 2. The first-order chi connectivity index (χ1) is 12.9. The number of nitrogens with zero attached hydrogens (tertiary/aromatic N) is 1. The van der Waals surface area contributed by atoms with Gasteiger partial charge in [0.05, 0.1) is 6.54 Å². The number of hydrogen-bond acceptors (Lipinski definition) is 5. The highest BCUT2D eigenvalue weighted by atomic mass is 32.1. The summed E-state index contributed by atoms with van der Waals surface area (Å²) in [5.41, 5.74) is 3.37. The van der Waals surface area contributed by atoms with Crippen LogP contribution in [-0.4, -0.2) is 34.5 Å². The summed E-state index contributed by atoms with van der Waals surface area (Å²) in [7, 11) is 0. The Morgan fingerprint density at radius 2 is 1.82 bits per heavy atom. The molecule has 0 atom stereocenters. The van der Waals surface area contributed by atoms with Crippen LogP contribution in [0.1, 0.15) is 71.4 Å². The molecule has 0 bridgehead atoms. The Hall–Kier alpha value is -1.82. The van der Waals surface area contributed by atoms with Crippen LogP contribution < -0.4 is 5.32 Å². The second kappa shape index (κ2) is 9.12. The molecule has 6 heteroatoms. The quantitative estimate of drug-likeness (QED) is 0.522. The predicted molar refractivity (Wildman–Crippen MR) is 118 cm³/mol. The lowest BCUT2D eigenvalue weighted by atomic mass is 10.0. The Morgan fingerprint density at radius 1 is 1.14 bits per heavy atom. The number of anilines is 1. The summed E-state index contributed by atoms with van der Waals surface area (Å²) in [6.07, 6.45) is 3.82. The Morgan fingerprint density at radius 3 is 2.46 bits per heavy atom. The molecule has 5 nitrogen and oxygen atoms in total. The summed E-state index contributed by atoms with van der Waals surface area (Å²) >= 11 is 4.43. The zero-order valence-electron chi connectivity index (χ0n) is 17.6. The minimum atomic E-state index is -0.538. The van der Waals surface area contributed by atoms with Gasteiger partial charge in [0, 0.05) is 22.6 Å². The molecule has 0 aliphatic heterocycles. The zero-order chi connectivity index (χ0) is 20.9. The molecule has 1 aliphatic carbocycles. The number of rotatable bonds is 5. The Labute approximate surface area is 173 Å². The third-order valence-electron chi connectivity index (χ3n) is 4.25. The first kappa shape index (κ1) is 22.5. The maximum absolute atomic E-state index is 12.2. The van der Waals surface area contributed by atoms with E-state index in [1.165, 1.54) is 0 Å². The van der Waals surface area contributed by atoms with Crippen molar-refractivity contribution in [3.8, 4) is 0 Å². The van der Waals surface area contributed by atoms with E-state index in [1.54, 1.807) is 0 Å². The van der Waals surface area contributed by atoms with Crippen LogP contribution >= 0.6 is 12.6 Å². The summed E-state index contributed by atoms with van der Waals surface area (Å²) in [6, 6.07) is 5.83. The molecule has 0 saturated heterocycles. The Bertz CT molecular complexity index is 758. The molecule has 0 unspecified atom stereocenters. The molecule has 0 aromatic heterocycles. The second-order valence-corrected chi connectivity index (χ2v) is 10.2. The Kier molecular flexibility index (Phi) is 7.32. The van der Waals surface area contributed by atoms with E-state index in [0.29, 0.717) is 12.1 Å². The first-order valence-corrected chi connectivity index (χ1v) is 10.3. The van der Waals surface area contributed by atoms with Crippen molar-refractivity contribution in [2.45, 2.75) is 77.1 Å². The molecule has 2 rings (SSSR count). The van der Waals surface area contributed by atoms with Crippen LogP contribution in [0.2, 0.25) is 0 Å². The van der Waals surface area contributed by atoms with Gasteiger partial charge in [-0.1, -0.05) is 19.9 Å². The summed E-state index contributed by atoms with van der Waals surface area (Å²) in [5, 5.41) is 2.80. The average molecular weight is 405 g/mol. The summed E-state index contributed by atoms with van der Waals surface area (Å²) in [4.78, 5) is 28.8. The molecule has 1 N–H and O–H groups in total. The number of thiol groups is 1. The molecule has 1 aromatic rings. The topological polar surface area (TPSA) is 67.8 Å². The monoisotopic (exact) mass is 404 g/mol. The van der Waals surface area contributed by atoms with Gasteiger partial charge in [0.2, 0.25) is 0 Å². The molecule has 1 amide bonds. The van der Waals surface area contributed by atoms with Crippen LogP contribution in [0.15, 0.2) is 23.2 Å². The van der Waals surface area contributed by atoms with Crippen LogP contribution in [0.3, 0.4) is 0 Å². The summed E-state index contributed by atoms with van der Waals surface area (Å²) < 4.78 is 5.00. The zero-order valence-corrected chi connectivity index (χ0v) is 18.5. The third kappa shape index (κ3) is 7.66. The van der Waals surface area contributed by atoms with Gasteiger partial charge in [-0.25, -0.2) is 4.79 Å². The fourth-order valence-electron chi connectivity index (χ4n) is 3.21. The smallest absolute Gasteiger partial charge is 0.412 e. The van der Waals surface area contributed by atoms with E-state index in [9.17, 15) is 9.59 Å². The molecule has 0 heterocycles. The molecular weight excluding hydrogens is 372 g/mol. The molecule has 0 radical (unpaired) electrons. The van der Waals surface area contributed by atoms with E-state index in [2.05, 4.69) is 22.9 Å². The number of amides is 1. The fraction of sp³-hybridized carbons (Fsp3) is 0.591. The number of Topliss-reactive ketones (excluding diaryl/α,β-unsaturated/α-hetero) is 1. The van der Waals surface area contributed by atoms with Gasteiger partial charge in [0.25, 0.3) is 0 Å². The molecule has 1 aromatic carbocycles. The van der Waals surface area contributed by atoms with Crippen LogP contribution in [0.25, 0.3) is 0 Å². The highest BCUT2D eigenvalue weighted by molar-refractivity contribution is 7.81. The van der Waals surface area contributed by atoms with Crippen molar-refractivity contribution in [2.75, 3.05) is 11.9 Å². The van der Waals surface area contributed by atoms with Crippen molar-refractivity contribution in [3.05, 3.63) is 29.3 Å². The minimum Gasteiger partial charge on any atom is -0.444 e. The number of aryl methyl sites for hydroxylation is 1. The number of fused-ring (bicyclic) bond motifs is 1. The minimum absolute atomic E-state index is 0.0986. The maximum Gasteiger partial charge on any atom is 0.412 e. The van der Waals surface area contributed by atoms with E-state index in [-0.39, 0.29) is 17.1 Å². The van der Waals surface area contributed by atoms with Crippen LogP contribution in [-0.2, 0) is 16.0 Å². The van der Waals surface area contributed by atoms with Gasteiger partial charge in [-0.3, -0.25) is 15.1 Å². The van der Waals surface area contributed by atoms with Gasteiger partial charge < -0.3 is 4.74 Å². The number of aliphatic imine (C=N–C) groups is 1. The molecule has 28 heavy (non-hydrogen) atoms. The van der Waals surface area contributed by atoms with Crippen molar-refractivity contribution >= 4 is 35.9 Å². The third-order valence-corrected chi connectivity index (χ3v) is 4.41. The molecule has 154 valence electrons. The van der Waals surface area contributed by atoms with Crippen molar-refractivity contribution in [2.24, 2.45) is 4.99 Å². The molecule has 0 fully saturated rings. The van der Waals surface area contributed by atoms with Gasteiger partial charge in [0.15, 0.2) is 5.78 Å². The lowest BCUT2D eigenvalue weighted by Crippen LogP contribution is -2.27. The van der Waals surface area contributed by atoms with Crippen LogP contribution in [0.5, 0.6) is 0 Å². The summed E-state index contributed by atoms with van der Waals surface area (Å²) in [5.74, 6) is 0.0986. The average Bonchev–Trinajstić information content (AvgIpc) is 2.71. The van der Waals surface area contributed by atoms with Gasteiger partial charge >= 0.3 is 6.09 Å². The van der Waals surface area contributed by atoms with Crippen LogP contribution in [0.4, 0.5) is 10.5 Å². The standard InChI is InChI=1S/C22H32N2O3S/c1-21(2,3)27-20(26)24-16-10-11-18-15(12-16)8-6-7-9-19(18)23-14-17(25)13-22(4,5)28/h10-12,28H,6-9,13-14H2,1-5H3,(H,24,26). The van der Waals surface area contributed by atoms with Crippen molar-refractivity contribution in [3.63, 3.8) is 0 Å². The molecule has 0 spiro atoms. The fourth-order valence-corrected chi connectivity index (χ4v) is 3.39. The van der Waals surface area contributed by atoms with Gasteiger partial charge in [-0.2, -0.15) is 12.6 Å². The maximum atomic E-state index is 12.2.